The molecule has 1 fully saturated rings. The summed E-state index contributed by atoms with van der Waals surface area (Å²) in [5.41, 5.74) is 7.56. The molecule has 1 heterocycles. The Labute approximate surface area is 102 Å². The van der Waals surface area contributed by atoms with Crippen molar-refractivity contribution in [1.29, 1.82) is 0 Å². The maximum absolute atomic E-state index is 9.81. The van der Waals surface area contributed by atoms with Gasteiger partial charge in [0.25, 0.3) is 0 Å². The topological polar surface area (TPSA) is 58.7 Å². The van der Waals surface area contributed by atoms with Gasteiger partial charge in [-0.05, 0) is 30.7 Å². The van der Waals surface area contributed by atoms with Crippen molar-refractivity contribution in [2.75, 3.05) is 37.7 Å². The summed E-state index contributed by atoms with van der Waals surface area (Å²) in [6, 6.07) is 8.07. The number of anilines is 1. The van der Waals surface area contributed by atoms with Crippen LogP contribution >= 0.6 is 0 Å². The zero-order chi connectivity index (χ0) is 12.1. The molecule has 1 aromatic carbocycles. The van der Waals surface area contributed by atoms with Crippen LogP contribution in [-0.4, -0.2) is 38.0 Å². The highest BCUT2D eigenvalue weighted by atomic mass is 16.5. The molecule has 4 nitrogen and oxygen atoms in total. The van der Waals surface area contributed by atoms with E-state index in [4.69, 9.17) is 10.5 Å². The lowest BCUT2D eigenvalue weighted by Crippen LogP contribution is -2.36. The van der Waals surface area contributed by atoms with E-state index in [0.29, 0.717) is 13.0 Å². The first kappa shape index (κ1) is 12.4. The lowest BCUT2D eigenvalue weighted by molar-refractivity contribution is 0.122. The second kappa shape index (κ2) is 6.00. The number of rotatable bonds is 4. The van der Waals surface area contributed by atoms with E-state index in [1.54, 1.807) is 0 Å². The number of aliphatic hydroxyl groups excluding tert-OH is 1. The fourth-order valence-corrected chi connectivity index (χ4v) is 2.05. The minimum absolute atomic E-state index is 0.446. The second-order valence-electron chi connectivity index (χ2n) is 4.28. The van der Waals surface area contributed by atoms with E-state index in [0.717, 1.165) is 31.9 Å². The van der Waals surface area contributed by atoms with Crippen LogP contribution in [-0.2, 0) is 4.74 Å². The summed E-state index contributed by atoms with van der Waals surface area (Å²) >= 11 is 0. The molecule has 1 aliphatic rings. The molecule has 3 N–H and O–H groups in total. The summed E-state index contributed by atoms with van der Waals surface area (Å²) in [5.74, 6) is 0. The fourth-order valence-electron chi connectivity index (χ4n) is 2.05. The Morgan fingerprint density at radius 2 is 1.88 bits per heavy atom. The van der Waals surface area contributed by atoms with Gasteiger partial charge in [-0.2, -0.15) is 0 Å². The maximum Gasteiger partial charge on any atom is 0.0802 e. The van der Waals surface area contributed by atoms with Crippen LogP contribution in [0.5, 0.6) is 0 Å². The fraction of sp³-hybridized carbons (Fsp3) is 0.538. The van der Waals surface area contributed by atoms with E-state index in [2.05, 4.69) is 17.0 Å². The van der Waals surface area contributed by atoms with E-state index < -0.39 is 6.10 Å². The van der Waals surface area contributed by atoms with Gasteiger partial charge in [0.05, 0.1) is 19.3 Å². The van der Waals surface area contributed by atoms with Crippen molar-refractivity contribution in [3.63, 3.8) is 0 Å². The van der Waals surface area contributed by atoms with Gasteiger partial charge in [0.15, 0.2) is 0 Å². The minimum Gasteiger partial charge on any atom is -0.388 e. The monoisotopic (exact) mass is 236 g/mol. The molecule has 94 valence electrons. The molecule has 1 atom stereocenters. The third kappa shape index (κ3) is 3.19. The first-order chi connectivity index (χ1) is 8.31. The number of hydrogen-bond acceptors (Lipinski definition) is 4. The molecule has 0 unspecified atom stereocenters. The molecule has 0 amide bonds. The van der Waals surface area contributed by atoms with Gasteiger partial charge in [-0.15, -0.1) is 0 Å². The summed E-state index contributed by atoms with van der Waals surface area (Å²) in [6.07, 6.45) is 0.162. The summed E-state index contributed by atoms with van der Waals surface area (Å²) in [5, 5.41) is 9.81. The van der Waals surface area contributed by atoms with Gasteiger partial charge >= 0.3 is 0 Å². The average Bonchev–Trinajstić information content (AvgIpc) is 2.40. The smallest absolute Gasteiger partial charge is 0.0802 e. The number of ether oxygens (including phenoxy) is 1. The van der Waals surface area contributed by atoms with Crippen LogP contribution in [0, 0.1) is 0 Å². The van der Waals surface area contributed by atoms with Gasteiger partial charge in [-0.25, -0.2) is 0 Å². The van der Waals surface area contributed by atoms with Gasteiger partial charge in [-0.1, -0.05) is 12.1 Å². The third-order valence-corrected chi connectivity index (χ3v) is 3.09. The largest absolute Gasteiger partial charge is 0.388 e. The molecule has 0 bridgehead atoms. The molecule has 1 aliphatic heterocycles. The zero-order valence-electron chi connectivity index (χ0n) is 10.0. The maximum atomic E-state index is 9.81. The Morgan fingerprint density at radius 3 is 2.47 bits per heavy atom. The van der Waals surface area contributed by atoms with E-state index in [1.807, 2.05) is 12.1 Å². The Kier molecular flexibility index (Phi) is 4.36. The number of nitrogens with zero attached hydrogens (tertiary/aromatic N) is 1. The van der Waals surface area contributed by atoms with Gasteiger partial charge < -0.3 is 20.5 Å². The molecule has 0 spiro atoms. The van der Waals surface area contributed by atoms with Crippen LogP contribution in [0.2, 0.25) is 0 Å². The quantitative estimate of drug-likeness (QED) is 0.815. The number of nitrogens with two attached hydrogens (primary N) is 1. The molecular formula is C13H20N2O2. The molecule has 1 saturated heterocycles. The summed E-state index contributed by atoms with van der Waals surface area (Å²) in [4.78, 5) is 2.29. The normalized spacial score (nSPS) is 18.1. The van der Waals surface area contributed by atoms with Crippen molar-refractivity contribution in [3.8, 4) is 0 Å². The van der Waals surface area contributed by atoms with Crippen LogP contribution < -0.4 is 10.6 Å². The Bertz CT molecular complexity index is 334. The highest BCUT2D eigenvalue weighted by Crippen LogP contribution is 2.21. The van der Waals surface area contributed by atoms with E-state index >= 15 is 0 Å². The van der Waals surface area contributed by atoms with Gasteiger partial charge in [0.1, 0.15) is 0 Å². The molecule has 0 aliphatic carbocycles. The van der Waals surface area contributed by atoms with Crippen molar-refractivity contribution in [1.82, 2.24) is 0 Å². The lowest BCUT2D eigenvalue weighted by Gasteiger charge is -2.29. The van der Waals surface area contributed by atoms with E-state index in [1.165, 1.54) is 5.69 Å². The highest BCUT2D eigenvalue weighted by Gasteiger charge is 2.12. The molecule has 2 rings (SSSR count). The van der Waals surface area contributed by atoms with Crippen LogP contribution in [0.1, 0.15) is 18.1 Å². The van der Waals surface area contributed by atoms with Crippen LogP contribution in [0.15, 0.2) is 24.3 Å². The highest BCUT2D eigenvalue weighted by molar-refractivity contribution is 5.48. The number of aliphatic hydroxyl groups is 1. The molecule has 0 aromatic heterocycles. The van der Waals surface area contributed by atoms with E-state index in [9.17, 15) is 5.11 Å². The predicted octanol–water partition coefficient (Wildman–Crippen LogP) is 0.905. The standard InChI is InChI=1S/C13H20N2O2/c14-6-5-13(16)11-1-3-12(4-2-11)15-7-9-17-10-8-15/h1-4,13,16H,5-10,14H2/t13-/m0/s1. The van der Waals surface area contributed by atoms with Crippen molar-refractivity contribution in [3.05, 3.63) is 29.8 Å². The first-order valence-corrected chi connectivity index (χ1v) is 6.12. The van der Waals surface area contributed by atoms with Crippen LogP contribution in [0.25, 0.3) is 0 Å². The molecule has 1 aromatic rings. The Balaban J connectivity index is 2.01. The van der Waals surface area contributed by atoms with Gasteiger partial charge in [0, 0.05) is 18.8 Å². The van der Waals surface area contributed by atoms with Gasteiger partial charge in [0.2, 0.25) is 0 Å². The third-order valence-electron chi connectivity index (χ3n) is 3.09. The number of hydrogen-bond donors (Lipinski definition) is 2. The first-order valence-electron chi connectivity index (χ1n) is 6.12. The molecule has 0 saturated carbocycles. The van der Waals surface area contributed by atoms with Gasteiger partial charge in [-0.3, -0.25) is 0 Å². The van der Waals surface area contributed by atoms with Crippen molar-refractivity contribution < 1.29 is 9.84 Å². The number of morpholine rings is 1. The predicted molar refractivity (Wildman–Crippen MR) is 68.1 cm³/mol. The average molecular weight is 236 g/mol. The molecule has 4 heteroatoms. The van der Waals surface area contributed by atoms with Crippen molar-refractivity contribution in [2.45, 2.75) is 12.5 Å². The summed E-state index contributed by atoms with van der Waals surface area (Å²) in [7, 11) is 0. The second-order valence-corrected chi connectivity index (χ2v) is 4.28. The van der Waals surface area contributed by atoms with Crippen molar-refractivity contribution >= 4 is 5.69 Å². The van der Waals surface area contributed by atoms with E-state index in [-0.39, 0.29) is 0 Å². The minimum atomic E-state index is -0.446. The van der Waals surface area contributed by atoms with Crippen LogP contribution in [0.3, 0.4) is 0 Å². The van der Waals surface area contributed by atoms with Crippen molar-refractivity contribution in [2.24, 2.45) is 5.73 Å². The number of benzene rings is 1. The molecule has 17 heavy (non-hydrogen) atoms. The van der Waals surface area contributed by atoms with Crippen LogP contribution in [0.4, 0.5) is 5.69 Å². The molecule has 0 radical (unpaired) electrons. The Morgan fingerprint density at radius 1 is 1.24 bits per heavy atom. The zero-order valence-corrected chi connectivity index (χ0v) is 10.0. The summed E-state index contributed by atoms with van der Waals surface area (Å²) in [6.45, 7) is 3.96. The SMILES string of the molecule is NCC[C@H](O)c1ccc(N2CCOCC2)cc1. The lowest BCUT2D eigenvalue weighted by atomic mass is 10.1. The Hall–Kier alpha value is -1.10. The summed E-state index contributed by atoms with van der Waals surface area (Å²) < 4.78 is 5.32. The molecular weight excluding hydrogens is 216 g/mol.